The predicted octanol–water partition coefficient (Wildman–Crippen LogP) is 5.96. The lowest BCUT2D eigenvalue weighted by molar-refractivity contribution is -0.123. The molecule has 1 heterocycles. The molecular formula is C25H18Cl2N2O6S2. The van der Waals surface area contributed by atoms with E-state index in [0.29, 0.717) is 26.9 Å². The molecule has 0 atom stereocenters. The highest BCUT2D eigenvalue weighted by Crippen LogP contribution is 2.34. The molecule has 1 saturated heterocycles. The molecule has 0 bridgehead atoms. The van der Waals surface area contributed by atoms with Crippen LogP contribution in [0.3, 0.4) is 0 Å². The highest BCUT2D eigenvalue weighted by Gasteiger charge is 2.35. The smallest absolute Gasteiger partial charge is 0.339 e. The van der Waals surface area contributed by atoms with Gasteiger partial charge in [0.1, 0.15) is 10.6 Å². The summed E-state index contributed by atoms with van der Waals surface area (Å²) in [4.78, 5) is 37.7. The minimum Gasteiger partial charge on any atom is -0.379 e. The number of anilines is 1. The second-order valence-corrected chi connectivity index (χ2v) is 11.2. The summed E-state index contributed by atoms with van der Waals surface area (Å²) in [5.41, 5.74) is 1.55. The number of nitrogens with zero attached hydrogens (tertiary/aromatic N) is 1. The Balaban J connectivity index is 1.49. The number of carbonyl (C=O) groups excluding carboxylic acids is 3. The molecule has 0 unspecified atom stereocenters. The third kappa shape index (κ3) is 6.53. The number of benzene rings is 3. The van der Waals surface area contributed by atoms with Crippen LogP contribution in [0.5, 0.6) is 5.75 Å². The first-order valence-corrected chi connectivity index (χ1v) is 13.6. The zero-order chi connectivity index (χ0) is 26.7. The van der Waals surface area contributed by atoms with E-state index in [2.05, 4.69) is 5.32 Å². The summed E-state index contributed by atoms with van der Waals surface area (Å²) in [5, 5.41) is 2.79. The third-order valence-electron chi connectivity index (χ3n) is 5.02. The molecule has 3 aromatic carbocycles. The van der Waals surface area contributed by atoms with Crippen molar-refractivity contribution in [3.8, 4) is 5.75 Å². The number of amides is 3. The van der Waals surface area contributed by atoms with Gasteiger partial charge in [0, 0.05) is 12.6 Å². The summed E-state index contributed by atoms with van der Waals surface area (Å²) in [6.07, 6.45) is 1.49. The molecule has 3 aromatic rings. The number of nitrogens with one attached hydrogen (secondary N) is 1. The predicted molar refractivity (Wildman–Crippen MR) is 143 cm³/mol. The van der Waals surface area contributed by atoms with Crippen molar-refractivity contribution >= 4 is 73.9 Å². The Morgan fingerprint density at radius 1 is 1.03 bits per heavy atom. The molecule has 0 radical (unpaired) electrons. The van der Waals surface area contributed by atoms with Crippen LogP contribution in [-0.2, 0) is 26.3 Å². The standard InChI is InChI=1S/C25H18Cl2N2O6S2/c1-15(30)28-18-6-8-20(9-7-18)37(33,34)35-19-4-2-3-16(11-19)13-23-24(31)29(25(32)36-23)14-17-5-10-21(26)22(27)12-17/h2-13H,14H2,1H3,(H,28,30)/b23-13-. The van der Waals surface area contributed by atoms with Gasteiger partial charge in [-0.25, -0.2) is 0 Å². The lowest BCUT2D eigenvalue weighted by Gasteiger charge is -2.13. The van der Waals surface area contributed by atoms with Gasteiger partial charge in [-0.3, -0.25) is 19.3 Å². The van der Waals surface area contributed by atoms with E-state index < -0.39 is 21.3 Å². The average Bonchev–Trinajstić information content (AvgIpc) is 3.08. The Hall–Kier alpha value is -3.31. The number of hydrogen-bond donors (Lipinski definition) is 1. The van der Waals surface area contributed by atoms with Crippen molar-refractivity contribution in [3.05, 3.63) is 92.8 Å². The topological polar surface area (TPSA) is 110 Å². The Kier molecular flexibility index (Phi) is 7.93. The molecule has 0 saturated carbocycles. The van der Waals surface area contributed by atoms with E-state index in [1.165, 1.54) is 49.4 Å². The van der Waals surface area contributed by atoms with E-state index in [9.17, 15) is 22.8 Å². The van der Waals surface area contributed by atoms with Gasteiger partial charge < -0.3 is 9.50 Å². The van der Waals surface area contributed by atoms with Crippen molar-refractivity contribution in [3.63, 3.8) is 0 Å². The van der Waals surface area contributed by atoms with Crippen molar-refractivity contribution in [2.75, 3.05) is 5.32 Å². The number of thioether (sulfide) groups is 1. The molecule has 4 rings (SSSR count). The quantitative estimate of drug-likeness (QED) is 0.273. The van der Waals surface area contributed by atoms with Crippen LogP contribution in [-0.4, -0.2) is 30.4 Å². The molecule has 8 nitrogen and oxygen atoms in total. The molecular weight excluding hydrogens is 559 g/mol. The number of halogens is 2. The maximum atomic E-state index is 12.9. The van der Waals surface area contributed by atoms with E-state index in [1.807, 2.05) is 0 Å². The maximum absolute atomic E-state index is 12.9. The van der Waals surface area contributed by atoms with Gasteiger partial charge in [-0.1, -0.05) is 41.4 Å². The zero-order valence-electron chi connectivity index (χ0n) is 19.1. The summed E-state index contributed by atoms with van der Waals surface area (Å²) >= 11 is 12.7. The van der Waals surface area contributed by atoms with Crippen LogP contribution in [0.4, 0.5) is 10.5 Å². The van der Waals surface area contributed by atoms with Crippen LogP contribution in [0, 0.1) is 0 Å². The van der Waals surface area contributed by atoms with E-state index in [-0.39, 0.29) is 28.0 Å². The van der Waals surface area contributed by atoms with Crippen LogP contribution in [0.25, 0.3) is 6.08 Å². The Morgan fingerprint density at radius 3 is 2.43 bits per heavy atom. The van der Waals surface area contributed by atoms with E-state index >= 15 is 0 Å². The van der Waals surface area contributed by atoms with Gasteiger partial charge in [-0.15, -0.1) is 0 Å². The molecule has 190 valence electrons. The third-order valence-corrected chi connectivity index (χ3v) is 7.93. The van der Waals surface area contributed by atoms with E-state index in [0.717, 1.165) is 16.7 Å². The number of hydrogen-bond acceptors (Lipinski definition) is 7. The Bertz CT molecular complexity index is 1540. The van der Waals surface area contributed by atoms with Gasteiger partial charge in [0.2, 0.25) is 5.91 Å². The molecule has 0 aromatic heterocycles. The summed E-state index contributed by atoms with van der Waals surface area (Å²) < 4.78 is 30.6. The minimum absolute atomic E-state index is 0.0229. The van der Waals surface area contributed by atoms with Gasteiger partial charge in [-0.05, 0) is 77.5 Å². The van der Waals surface area contributed by atoms with E-state index in [1.54, 1.807) is 30.3 Å². The second-order valence-electron chi connectivity index (χ2n) is 7.83. The molecule has 0 aliphatic carbocycles. The first kappa shape index (κ1) is 26.7. The first-order valence-electron chi connectivity index (χ1n) is 10.6. The molecule has 1 aliphatic heterocycles. The van der Waals surface area contributed by atoms with Crippen molar-refractivity contribution in [1.29, 1.82) is 0 Å². The molecule has 12 heteroatoms. The number of carbonyl (C=O) groups is 3. The highest BCUT2D eigenvalue weighted by atomic mass is 35.5. The van der Waals surface area contributed by atoms with Gasteiger partial charge in [0.25, 0.3) is 11.1 Å². The number of imide groups is 1. The minimum atomic E-state index is -4.16. The van der Waals surface area contributed by atoms with Gasteiger partial charge in [0.05, 0.1) is 21.5 Å². The largest absolute Gasteiger partial charge is 0.379 e. The lowest BCUT2D eigenvalue weighted by atomic mass is 10.2. The molecule has 37 heavy (non-hydrogen) atoms. The fraction of sp³-hybridized carbons (Fsp3) is 0.0800. The van der Waals surface area contributed by atoms with Crippen molar-refractivity contribution < 1.29 is 27.0 Å². The van der Waals surface area contributed by atoms with Gasteiger partial charge >= 0.3 is 10.1 Å². The van der Waals surface area contributed by atoms with Gasteiger partial charge in [-0.2, -0.15) is 8.42 Å². The van der Waals surface area contributed by atoms with Crippen LogP contribution >= 0.6 is 35.0 Å². The van der Waals surface area contributed by atoms with Crippen LogP contribution < -0.4 is 9.50 Å². The molecule has 0 spiro atoms. The molecule has 1 aliphatic rings. The average molecular weight is 577 g/mol. The highest BCUT2D eigenvalue weighted by molar-refractivity contribution is 8.18. The summed E-state index contributed by atoms with van der Waals surface area (Å²) in [6.45, 7) is 1.37. The fourth-order valence-corrected chi connectivity index (χ4v) is 5.43. The van der Waals surface area contributed by atoms with E-state index in [4.69, 9.17) is 27.4 Å². The van der Waals surface area contributed by atoms with Gasteiger partial charge in [0.15, 0.2) is 0 Å². The van der Waals surface area contributed by atoms with Crippen molar-refractivity contribution in [2.45, 2.75) is 18.4 Å². The second kappa shape index (κ2) is 11.0. The lowest BCUT2D eigenvalue weighted by Crippen LogP contribution is -2.27. The molecule has 1 fully saturated rings. The summed E-state index contributed by atoms with van der Waals surface area (Å²) in [5.74, 6) is -0.745. The van der Waals surface area contributed by atoms with Crippen LogP contribution in [0.15, 0.2) is 76.5 Å². The summed E-state index contributed by atoms with van der Waals surface area (Å²) in [6, 6.07) is 16.5. The normalized spacial score (nSPS) is 14.8. The summed E-state index contributed by atoms with van der Waals surface area (Å²) in [7, 11) is -4.16. The molecule has 3 amide bonds. The van der Waals surface area contributed by atoms with Crippen molar-refractivity contribution in [1.82, 2.24) is 4.90 Å². The SMILES string of the molecule is CC(=O)Nc1ccc(S(=O)(=O)Oc2cccc(/C=C3\SC(=O)N(Cc4ccc(Cl)c(Cl)c4)C3=O)c2)cc1. The first-order chi connectivity index (χ1) is 17.5. The monoisotopic (exact) mass is 576 g/mol. The Labute approximate surface area is 227 Å². The van der Waals surface area contributed by atoms with Crippen molar-refractivity contribution in [2.24, 2.45) is 0 Å². The fourth-order valence-electron chi connectivity index (χ4n) is 3.35. The molecule has 1 N–H and O–H groups in total. The maximum Gasteiger partial charge on any atom is 0.339 e. The van der Waals surface area contributed by atoms with Crippen LogP contribution in [0.1, 0.15) is 18.1 Å². The van der Waals surface area contributed by atoms with Crippen LogP contribution in [0.2, 0.25) is 10.0 Å². The number of rotatable bonds is 7. The zero-order valence-corrected chi connectivity index (χ0v) is 22.2. The Morgan fingerprint density at radius 2 is 1.76 bits per heavy atom.